The van der Waals surface area contributed by atoms with Crippen molar-refractivity contribution in [1.29, 1.82) is 0 Å². The van der Waals surface area contributed by atoms with Gasteiger partial charge in [-0.2, -0.15) is 0 Å². The van der Waals surface area contributed by atoms with Gasteiger partial charge in [-0.15, -0.1) is 0 Å². The molecule has 3 N–H and O–H groups in total. The Bertz CT molecular complexity index is 1090. The molecule has 6 nitrogen and oxygen atoms in total. The summed E-state index contributed by atoms with van der Waals surface area (Å²) in [5.74, 6) is 0.377. The molecule has 0 radical (unpaired) electrons. The lowest BCUT2D eigenvalue weighted by atomic mass is 9.84. The van der Waals surface area contributed by atoms with Gasteiger partial charge in [-0.05, 0) is 85.8 Å². The van der Waals surface area contributed by atoms with E-state index in [-0.39, 0.29) is 17.8 Å². The van der Waals surface area contributed by atoms with Crippen LogP contribution in [0.5, 0.6) is 0 Å². The molecule has 0 aromatic heterocycles. The lowest BCUT2D eigenvalue weighted by Gasteiger charge is -2.40. The molecular formula is C31H41FN4O2. The Morgan fingerprint density at radius 3 is 2.37 bits per heavy atom. The quantitative estimate of drug-likeness (QED) is 0.463. The molecular weight excluding hydrogens is 479 g/mol. The minimum absolute atomic E-state index is 0.0228. The number of nitrogens with one attached hydrogen (secondary N) is 1. The van der Waals surface area contributed by atoms with Gasteiger partial charge in [0.1, 0.15) is 5.82 Å². The molecule has 3 fully saturated rings. The lowest BCUT2D eigenvalue weighted by Crippen LogP contribution is -2.49. The van der Waals surface area contributed by atoms with E-state index in [1.54, 1.807) is 18.2 Å². The minimum Gasteiger partial charge on any atom is -0.366 e. The molecule has 2 unspecified atom stereocenters. The van der Waals surface area contributed by atoms with Crippen molar-refractivity contribution in [3.63, 3.8) is 0 Å². The SMILES string of the molecule is NC(=O)c1cccc(C2CC3CCC(C2)N3CCN(CC2CCCCC2)C(=O)NCc2ccc(F)cc2)c1. The molecule has 2 aromatic carbocycles. The molecule has 1 saturated carbocycles. The number of halogens is 1. The van der Waals surface area contributed by atoms with Gasteiger partial charge < -0.3 is 16.0 Å². The zero-order valence-electron chi connectivity index (χ0n) is 22.3. The fraction of sp³-hybridized carbons (Fsp3) is 0.548. The molecule has 2 aromatic rings. The maximum Gasteiger partial charge on any atom is 0.317 e. The van der Waals surface area contributed by atoms with Crippen LogP contribution in [0.3, 0.4) is 0 Å². The molecule has 2 bridgehead atoms. The highest BCUT2D eigenvalue weighted by Crippen LogP contribution is 2.43. The Balaban J connectivity index is 1.20. The number of benzene rings is 2. The minimum atomic E-state index is -0.372. The number of rotatable bonds is 9. The van der Waals surface area contributed by atoms with Crippen molar-refractivity contribution in [2.24, 2.45) is 11.7 Å². The van der Waals surface area contributed by atoms with Crippen LogP contribution < -0.4 is 11.1 Å². The van der Waals surface area contributed by atoms with E-state index in [0.717, 1.165) is 38.0 Å². The predicted octanol–water partition coefficient (Wildman–Crippen LogP) is 5.43. The number of piperidine rings is 1. The molecule has 2 aliphatic heterocycles. The number of hydrogen-bond donors (Lipinski definition) is 2. The molecule has 2 heterocycles. The standard InChI is InChI=1S/C31H41FN4O2/c32-27-11-9-22(10-12-27)20-34-31(38)35(21-23-5-2-1-3-6-23)15-16-36-28-13-14-29(36)19-26(18-28)24-7-4-8-25(17-24)30(33)37/h4,7-12,17,23,26,28-29H,1-3,5-6,13-16,18-21H2,(H2,33,37)(H,34,38). The van der Waals surface area contributed by atoms with Crippen LogP contribution in [0.2, 0.25) is 0 Å². The number of urea groups is 1. The number of carbonyl (C=O) groups excluding carboxylic acids is 2. The molecule has 1 aliphatic carbocycles. The average molecular weight is 521 g/mol. The van der Waals surface area contributed by atoms with Gasteiger partial charge >= 0.3 is 6.03 Å². The molecule has 3 aliphatic rings. The number of carbonyl (C=O) groups is 2. The van der Waals surface area contributed by atoms with Crippen LogP contribution in [0.25, 0.3) is 0 Å². The first kappa shape index (κ1) is 26.7. The van der Waals surface area contributed by atoms with Gasteiger partial charge in [0.15, 0.2) is 0 Å². The molecule has 204 valence electrons. The topological polar surface area (TPSA) is 78.7 Å². The predicted molar refractivity (Wildman–Crippen MR) is 147 cm³/mol. The fourth-order valence-corrected chi connectivity index (χ4v) is 6.94. The van der Waals surface area contributed by atoms with E-state index in [1.807, 2.05) is 17.0 Å². The lowest BCUT2D eigenvalue weighted by molar-refractivity contribution is 0.0998. The molecule has 7 heteroatoms. The average Bonchev–Trinajstić information content (AvgIpc) is 3.17. The maximum atomic E-state index is 13.3. The second-order valence-corrected chi connectivity index (χ2v) is 11.5. The first-order valence-electron chi connectivity index (χ1n) is 14.4. The summed E-state index contributed by atoms with van der Waals surface area (Å²) in [6.45, 7) is 2.82. The van der Waals surface area contributed by atoms with E-state index in [0.29, 0.717) is 36.0 Å². The van der Waals surface area contributed by atoms with Gasteiger partial charge in [0.2, 0.25) is 5.91 Å². The third-order valence-corrected chi connectivity index (χ3v) is 9.00. The van der Waals surface area contributed by atoms with Crippen LogP contribution in [0, 0.1) is 11.7 Å². The third-order valence-electron chi connectivity index (χ3n) is 9.00. The summed E-state index contributed by atoms with van der Waals surface area (Å²) < 4.78 is 13.3. The number of nitrogens with two attached hydrogens (primary N) is 1. The van der Waals surface area contributed by atoms with Crippen molar-refractivity contribution < 1.29 is 14.0 Å². The van der Waals surface area contributed by atoms with Crippen LogP contribution in [0.15, 0.2) is 48.5 Å². The molecule has 2 saturated heterocycles. The molecule has 5 rings (SSSR count). The van der Waals surface area contributed by atoms with Crippen molar-refractivity contribution in [2.45, 2.75) is 82.3 Å². The summed E-state index contributed by atoms with van der Waals surface area (Å²) in [5.41, 5.74) is 8.23. The van der Waals surface area contributed by atoms with Crippen LogP contribution in [0.4, 0.5) is 9.18 Å². The summed E-state index contributed by atoms with van der Waals surface area (Å²) >= 11 is 0. The Labute approximate surface area is 225 Å². The van der Waals surface area contributed by atoms with Gasteiger partial charge in [0.05, 0.1) is 0 Å². The van der Waals surface area contributed by atoms with Gasteiger partial charge in [-0.1, -0.05) is 43.5 Å². The molecule has 3 amide bonds. The van der Waals surface area contributed by atoms with E-state index < -0.39 is 0 Å². The van der Waals surface area contributed by atoms with E-state index >= 15 is 0 Å². The van der Waals surface area contributed by atoms with E-state index in [1.165, 1.54) is 62.6 Å². The summed E-state index contributed by atoms with van der Waals surface area (Å²) in [7, 11) is 0. The Kier molecular flexibility index (Phi) is 8.62. The van der Waals surface area contributed by atoms with Crippen molar-refractivity contribution in [2.75, 3.05) is 19.6 Å². The fourth-order valence-electron chi connectivity index (χ4n) is 6.94. The highest BCUT2D eigenvalue weighted by molar-refractivity contribution is 5.92. The molecule has 0 spiro atoms. The Morgan fingerprint density at radius 2 is 1.68 bits per heavy atom. The van der Waals surface area contributed by atoms with E-state index in [2.05, 4.69) is 16.3 Å². The highest BCUT2D eigenvalue weighted by atomic mass is 19.1. The summed E-state index contributed by atoms with van der Waals surface area (Å²) in [5, 5.41) is 3.09. The summed E-state index contributed by atoms with van der Waals surface area (Å²) in [6, 6.07) is 15.1. The summed E-state index contributed by atoms with van der Waals surface area (Å²) in [6.07, 6.45) is 10.7. The first-order chi connectivity index (χ1) is 18.5. The Morgan fingerprint density at radius 1 is 0.974 bits per heavy atom. The second kappa shape index (κ2) is 12.3. The zero-order chi connectivity index (χ0) is 26.5. The largest absolute Gasteiger partial charge is 0.366 e. The first-order valence-corrected chi connectivity index (χ1v) is 14.4. The maximum absolute atomic E-state index is 13.3. The second-order valence-electron chi connectivity index (χ2n) is 11.5. The normalized spacial score (nSPS) is 23.8. The van der Waals surface area contributed by atoms with Gasteiger partial charge in [-0.25, -0.2) is 9.18 Å². The van der Waals surface area contributed by atoms with Crippen molar-refractivity contribution >= 4 is 11.9 Å². The van der Waals surface area contributed by atoms with Gasteiger partial charge in [-0.3, -0.25) is 9.69 Å². The smallest absolute Gasteiger partial charge is 0.317 e. The number of fused-ring (bicyclic) bond motifs is 2. The van der Waals surface area contributed by atoms with Crippen molar-refractivity contribution in [3.05, 3.63) is 71.0 Å². The van der Waals surface area contributed by atoms with Crippen molar-refractivity contribution in [3.8, 4) is 0 Å². The number of hydrogen-bond acceptors (Lipinski definition) is 3. The summed E-state index contributed by atoms with van der Waals surface area (Å²) in [4.78, 5) is 29.7. The highest BCUT2D eigenvalue weighted by Gasteiger charge is 2.41. The van der Waals surface area contributed by atoms with Crippen LogP contribution >= 0.6 is 0 Å². The van der Waals surface area contributed by atoms with Gasteiger partial charge in [0.25, 0.3) is 0 Å². The molecule has 2 atom stereocenters. The Hall–Kier alpha value is -2.93. The zero-order valence-corrected chi connectivity index (χ0v) is 22.3. The number of primary amides is 1. The molecule has 38 heavy (non-hydrogen) atoms. The third kappa shape index (κ3) is 6.55. The monoisotopic (exact) mass is 520 g/mol. The van der Waals surface area contributed by atoms with E-state index in [4.69, 9.17) is 5.73 Å². The number of nitrogens with zero attached hydrogens (tertiary/aromatic N) is 2. The number of amides is 3. The van der Waals surface area contributed by atoms with Crippen LogP contribution in [-0.2, 0) is 6.54 Å². The van der Waals surface area contributed by atoms with Crippen LogP contribution in [0.1, 0.15) is 85.2 Å². The van der Waals surface area contributed by atoms with E-state index in [9.17, 15) is 14.0 Å². The van der Waals surface area contributed by atoms with Gasteiger partial charge in [0, 0.05) is 43.8 Å². The van der Waals surface area contributed by atoms with Crippen molar-refractivity contribution in [1.82, 2.24) is 15.1 Å². The van der Waals surface area contributed by atoms with Crippen LogP contribution in [-0.4, -0.2) is 53.5 Å².